The number of hydrogen-bond donors (Lipinski definition) is 1. The average Bonchev–Trinajstić information content (AvgIpc) is 3.37. The molecule has 0 atom stereocenters. The first-order chi connectivity index (χ1) is 18.7. The third-order valence-corrected chi connectivity index (χ3v) is 7.27. The van der Waals surface area contributed by atoms with Gasteiger partial charge in [-0.1, -0.05) is 17.7 Å². The van der Waals surface area contributed by atoms with Crippen LogP contribution in [0.25, 0.3) is 22.3 Å². The summed E-state index contributed by atoms with van der Waals surface area (Å²) in [6.45, 7) is 8.54. The van der Waals surface area contributed by atoms with Crippen LogP contribution in [0.5, 0.6) is 0 Å². The Labute approximate surface area is 239 Å². The van der Waals surface area contributed by atoms with Crippen LogP contribution in [0.2, 0.25) is 5.02 Å². The first-order valence-corrected chi connectivity index (χ1v) is 13.6. The molecule has 0 saturated carbocycles. The molecule has 2 aromatic heterocycles. The van der Waals surface area contributed by atoms with E-state index in [0.29, 0.717) is 24.2 Å². The number of ether oxygens (including phenoxy) is 2. The fraction of sp³-hybridized carbons (Fsp3) is 0.393. The van der Waals surface area contributed by atoms with Crippen LogP contribution in [0.4, 0.5) is 17.5 Å². The van der Waals surface area contributed by atoms with Crippen LogP contribution in [-0.2, 0) is 16.0 Å². The zero-order valence-corrected chi connectivity index (χ0v) is 23.3. The van der Waals surface area contributed by atoms with Crippen molar-refractivity contribution in [2.75, 3.05) is 69.4 Å². The van der Waals surface area contributed by atoms with Crippen molar-refractivity contribution in [3.63, 3.8) is 0 Å². The molecule has 0 radical (unpaired) electrons. The van der Waals surface area contributed by atoms with Gasteiger partial charge in [0.25, 0.3) is 0 Å². The predicted octanol–water partition coefficient (Wildman–Crippen LogP) is 4.87. The molecule has 0 unspecified atom stereocenters. The smallest absolute Gasteiger partial charge is 0.228 e. The molecular formula is C28H33Cl2N7O2. The topological polar surface area (TPSA) is 80.6 Å². The molecular weight excluding hydrogens is 537 g/mol. The highest BCUT2D eigenvalue weighted by Crippen LogP contribution is 2.28. The van der Waals surface area contributed by atoms with Gasteiger partial charge in [-0.3, -0.25) is 4.90 Å². The molecule has 9 nitrogen and oxygen atoms in total. The van der Waals surface area contributed by atoms with Crippen molar-refractivity contribution in [3.8, 4) is 11.3 Å². The highest BCUT2D eigenvalue weighted by molar-refractivity contribution is 6.30. The zero-order chi connectivity index (χ0) is 25.7. The Hall–Kier alpha value is -2.95. The van der Waals surface area contributed by atoms with Crippen molar-refractivity contribution >= 4 is 52.5 Å². The van der Waals surface area contributed by atoms with Gasteiger partial charge in [-0.05, 0) is 42.8 Å². The van der Waals surface area contributed by atoms with Gasteiger partial charge in [-0.25, -0.2) is 9.97 Å². The molecule has 0 aliphatic carbocycles. The third kappa shape index (κ3) is 6.80. The summed E-state index contributed by atoms with van der Waals surface area (Å²) in [7, 11) is 0. The number of benzene rings is 2. The summed E-state index contributed by atoms with van der Waals surface area (Å²) in [5.74, 6) is 1.43. The minimum atomic E-state index is 0. The molecule has 0 amide bonds. The number of imidazole rings is 1. The number of aryl methyl sites for hydroxylation is 1. The van der Waals surface area contributed by atoms with Crippen LogP contribution in [0, 0.1) is 0 Å². The molecule has 39 heavy (non-hydrogen) atoms. The fourth-order valence-electron chi connectivity index (χ4n) is 4.92. The maximum atomic E-state index is 6.08. The van der Waals surface area contributed by atoms with Gasteiger partial charge in [-0.2, -0.15) is 4.98 Å². The molecule has 206 valence electrons. The van der Waals surface area contributed by atoms with Crippen LogP contribution in [0.1, 0.15) is 6.42 Å². The summed E-state index contributed by atoms with van der Waals surface area (Å²) in [5, 5.41) is 4.12. The molecule has 0 spiro atoms. The second kappa shape index (κ2) is 12.9. The molecule has 4 aromatic rings. The average molecular weight is 571 g/mol. The van der Waals surface area contributed by atoms with E-state index in [4.69, 9.17) is 31.0 Å². The lowest BCUT2D eigenvalue weighted by atomic mass is 10.1. The number of hydrogen-bond acceptors (Lipinski definition) is 8. The van der Waals surface area contributed by atoms with Crippen LogP contribution >= 0.6 is 24.0 Å². The Morgan fingerprint density at radius 1 is 0.846 bits per heavy atom. The Kier molecular flexibility index (Phi) is 9.16. The molecule has 2 saturated heterocycles. The van der Waals surface area contributed by atoms with Crippen molar-refractivity contribution in [2.24, 2.45) is 0 Å². The van der Waals surface area contributed by atoms with E-state index < -0.39 is 0 Å². The molecule has 2 aliphatic rings. The SMILES string of the molecule is Cl.Clc1ccc(Nc2cc(-c3ccc4ncn(CCCN5CCOCC5)c4c3)nc(N3CCOCC3)n2)cc1. The standard InChI is InChI=1S/C28H32ClN7O2.ClH/c29-22-3-5-23(6-4-22)31-27-19-25(32-28(33-27)35-12-16-38-17-13-35)21-2-7-24-26(18-21)36(20-30-24)9-1-8-34-10-14-37-15-11-34;/h2-7,18-20H,1,8-17H2,(H,31,32,33);1H. The summed E-state index contributed by atoms with van der Waals surface area (Å²) in [6.07, 6.45) is 3.01. The minimum Gasteiger partial charge on any atom is -0.379 e. The summed E-state index contributed by atoms with van der Waals surface area (Å²) >= 11 is 6.08. The minimum absolute atomic E-state index is 0. The molecule has 6 rings (SSSR count). The van der Waals surface area contributed by atoms with Gasteiger partial charge < -0.3 is 24.3 Å². The van der Waals surface area contributed by atoms with Crippen molar-refractivity contribution in [3.05, 3.63) is 59.9 Å². The molecule has 2 aliphatic heterocycles. The van der Waals surface area contributed by atoms with Crippen molar-refractivity contribution in [1.82, 2.24) is 24.4 Å². The molecule has 1 N–H and O–H groups in total. The van der Waals surface area contributed by atoms with Crippen LogP contribution in [0.15, 0.2) is 54.9 Å². The lowest BCUT2D eigenvalue weighted by molar-refractivity contribution is 0.0369. The van der Waals surface area contributed by atoms with E-state index >= 15 is 0 Å². The molecule has 11 heteroatoms. The Morgan fingerprint density at radius 3 is 2.36 bits per heavy atom. The van der Waals surface area contributed by atoms with E-state index in [2.05, 4.69) is 42.9 Å². The lowest BCUT2D eigenvalue weighted by Gasteiger charge is -2.27. The summed E-state index contributed by atoms with van der Waals surface area (Å²) in [6, 6.07) is 16.0. The molecule has 2 fully saturated rings. The normalized spacial score (nSPS) is 16.3. The van der Waals surface area contributed by atoms with E-state index in [-0.39, 0.29) is 12.4 Å². The fourth-order valence-corrected chi connectivity index (χ4v) is 5.04. The van der Waals surface area contributed by atoms with E-state index in [9.17, 15) is 0 Å². The largest absolute Gasteiger partial charge is 0.379 e. The van der Waals surface area contributed by atoms with Gasteiger partial charge in [0.2, 0.25) is 5.95 Å². The highest BCUT2D eigenvalue weighted by Gasteiger charge is 2.17. The molecule has 4 heterocycles. The van der Waals surface area contributed by atoms with Gasteiger partial charge >= 0.3 is 0 Å². The number of halogens is 2. The Morgan fingerprint density at radius 2 is 1.59 bits per heavy atom. The lowest BCUT2D eigenvalue weighted by Crippen LogP contribution is -2.37. The summed E-state index contributed by atoms with van der Waals surface area (Å²) in [5.41, 5.74) is 4.91. The van der Waals surface area contributed by atoms with Gasteiger partial charge in [-0.15, -0.1) is 12.4 Å². The first kappa shape index (κ1) is 27.6. The van der Waals surface area contributed by atoms with Gasteiger partial charge in [0, 0.05) is 61.6 Å². The number of aromatic nitrogens is 4. The second-order valence-corrected chi connectivity index (χ2v) is 10.1. The van der Waals surface area contributed by atoms with Crippen LogP contribution in [0.3, 0.4) is 0 Å². The number of nitrogens with one attached hydrogen (secondary N) is 1. The Bertz CT molecular complexity index is 1370. The van der Waals surface area contributed by atoms with E-state index in [1.165, 1.54) is 0 Å². The predicted molar refractivity (Wildman–Crippen MR) is 158 cm³/mol. The molecule has 0 bridgehead atoms. The van der Waals surface area contributed by atoms with Crippen molar-refractivity contribution in [2.45, 2.75) is 13.0 Å². The van der Waals surface area contributed by atoms with Crippen molar-refractivity contribution < 1.29 is 9.47 Å². The molecule has 2 aromatic carbocycles. The van der Waals surface area contributed by atoms with Crippen LogP contribution < -0.4 is 10.2 Å². The first-order valence-electron chi connectivity index (χ1n) is 13.2. The van der Waals surface area contributed by atoms with Gasteiger partial charge in [0.05, 0.1) is 49.5 Å². The second-order valence-electron chi connectivity index (χ2n) is 9.62. The monoisotopic (exact) mass is 569 g/mol. The van der Waals surface area contributed by atoms with Gasteiger partial charge in [0.15, 0.2) is 0 Å². The number of nitrogens with zero attached hydrogens (tertiary/aromatic N) is 6. The number of rotatable bonds is 8. The Balaban J connectivity index is 0.00000308. The zero-order valence-electron chi connectivity index (χ0n) is 21.8. The van der Waals surface area contributed by atoms with Gasteiger partial charge in [0.1, 0.15) is 5.82 Å². The van der Waals surface area contributed by atoms with E-state index in [1.54, 1.807) is 0 Å². The number of anilines is 3. The summed E-state index contributed by atoms with van der Waals surface area (Å²) in [4.78, 5) is 19.1. The summed E-state index contributed by atoms with van der Waals surface area (Å²) < 4.78 is 13.3. The highest BCUT2D eigenvalue weighted by atomic mass is 35.5. The van der Waals surface area contributed by atoms with Crippen molar-refractivity contribution in [1.29, 1.82) is 0 Å². The maximum Gasteiger partial charge on any atom is 0.228 e. The quantitative estimate of drug-likeness (QED) is 0.322. The number of fused-ring (bicyclic) bond motifs is 1. The number of morpholine rings is 2. The van der Waals surface area contributed by atoms with E-state index in [0.717, 1.165) is 92.7 Å². The maximum absolute atomic E-state index is 6.08. The third-order valence-electron chi connectivity index (χ3n) is 7.02. The van der Waals surface area contributed by atoms with E-state index in [1.807, 2.05) is 36.7 Å². The van der Waals surface area contributed by atoms with Crippen LogP contribution in [-0.4, -0.2) is 83.6 Å².